The summed E-state index contributed by atoms with van der Waals surface area (Å²) in [4.78, 5) is 14.5. The van der Waals surface area contributed by atoms with Crippen LogP contribution in [0, 0.1) is 3.57 Å². The summed E-state index contributed by atoms with van der Waals surface area (Å²) >= 11 is 8.26. The molecule has 1 aromatic carbocycles. The van der Waals surface area contributed by atoms with Crippen LogP contribution in [0.3, 0.4) is 0 Å². The van der Waals surface area contributed by atoms with Crippen molar-refractivity contribution in [2.45, 2.75) is 25.4 Å². The minimum Gasteiger partial charge on any atom is -0.467 e. The Balaban J connectivity index is 1.83. The number of halogens is 2. The molecular formula is C15H13ClINO2. The summed E-state index contributed by atoms with van der Waals surface area (Å²) in [6.07, 6.45) is 3.75. The van der Waals surface area contributed by atoms with Crippen LogP contribution < -0.4 is 0 Å². The van der Waals surface area contributed by atoms with E-state index in [1.807, 2.05) is 29.2 Å². The molecule has 5 heteroatoms. The highest BCUT2D eigenvalue weighted by Gasteiger charge is 2.33. The highest BCUT2D eigenvalue weighted by atomic mass is 127. The molecule has 0 spiro atoms. The Morgan fingerprint density at radius 2 is 2.20 bits per heavy atom. The molecule has 1 saturated carbocycles. The van der Waals surface area contributed by atoms with E-state index in [1.165, 1.54) is 0 Å². The van der Waals surface area contributed by atoms with Gasteiger partial charge in [0, 0.05) is 15.2 Å². The van der Waals surface area contributed by atoms with Crippen molar-refractivity contribution >= 4 is 40.1 Å². The second-order valence-corrected chi connectivity index (χ2v) is 6.44. The van der Waals surface area contributed by atoms with Gasteiger partial charge in [-0.1, -0.05) is 11.6 Å². The van der Waals surface area contributed by atoms with Gasteiger partial charge in [0.25, 0.3) is 5.91 Å². The summed E-state index contributed by atoms with van der Waals surface area (Å²) < 4.78 is 6.30. The monoisotopic (exact) mass is 401 g/mol. The lowest BCUT2D eigenvalue weighted by atomic mass is 10.2. The first-order valence-electron chi connectivity index (χ1n) is 6.43. The molecule has 0 radical (unpaired) electrons. The van der Waals surface area contributed by atoms with E-state index in [4.69, 9.17) is 16.0 Å². The van der Waals surface area contributed by atoms with Gasteiger partial charge in [0.1, 0.15) is 5.76 Å². The summed E-state index contributed by atoms with van der Waals surface area (Å²) in [5.41, 5.74) is 0.633. The maximum absolute atomic E-state index is 12.6. The molecule has 1 aliphatic rings. The Morgan fingerprint density at radius 3 is 2.80 bits per heavy atom. The van der Waals surface area contributed by atoms with Crippen molar-refractivity contribution in [1.29, 1.82) is 0 Å². The summed E-state index contributed by atoms with van der Waals surface area (Å²) in [5, 5.41) is 0.616. The SMILES string of the molecule is O=C(c1ccc(I)c(Cl)c1)N(Cc1ccco1)C1CC1. The Kier molecular flexibility index (Phi) is 4.03. The minimum atomic E-state index is 0.0159. The van der Waals surface area contributed by atoms with E-state index in [0.717, 1.165) is 22.2 Å². The van der Waals surface area contributed by atoms with Crippen LogP contribution in [0.4, 0.5) is 0 Å². The molecule has 104 valence electrons. The third-order valence-electron chi connectivity index (χ3n) is 3.32. The van der Waals surface area contributed by atoms with Gasteiger partial charge >= 0.3 is 0 Å². The van der Waals surface area contributed by atoms with Crippen molar-refractivity contribution in [3.63, 3.8) is 0 Å². The average molecular weight is 402 g/mol. The van der Waals surface area contributed by atoms with E-state index in [2.05, 4.69) is 22.6 Å². The van der Waals surface area contributed by atoms with Crippen molar-refractivity contribution < 1.29 is 9.21 Å². The Labute approximate surface area is 136 Å². The lowest BCUT2D eigenvalue weighted by molar-refractivity contribution is 0.0717. The van der Waals surface area contributed by atoms with Crippen molar-refractivity contribution in [2.24, 2.45) is 0 Å². The molecule has 1 heterocycles. The summed E-state index contributed by atoms with van der Waals surface area (Å²) in [6, 6.07) is 9.49. The molecule has 1 fully saturated rings. The molecule has 20 heavy (non-hydrogen) atoms. The van der Waals surface area contributed by atoms with E-state index in [9.17, 15) is 4.79 Å². The predicted octanol–water partition coefficient (Wildman–Crippen LogP) is 4.34. The molecule has 0 saturated heterocycles. The van der Waals surface area contributed by atoms with E-state index in [1.54, 1.807) is 12.3 Å². The second kappa shape index (κ2) is 5.77. The zero-order chi connectivity index (χ0) is 14.1. The Bertz CT molecular complexity index is 623. The Morgan fingerprint density at radius 1 is 1.40 bits per heavy atom. The molecule has 0 bridgehead atoms. The van der Waals surface area contributed by atoms with Crippen LogP contribution in [0.1, 0.15) is 29.0 Å². The largest absolute Gasteiger partial charge is 0.467 e. The van der Waals surface area contributed by atoms with Crippen LogP contribution in [-0.4, -0.2) is 16.8 Å². The fourth-order valence-electron chi connectivity index (χ4n) is 2.12. The average Bonchev–Trinajstić information content (AvgIpc) is 3.15. The lowest BCUT2D eigenvalue weighted by Gasteiger charge is -2.21. The number of carbonyl (C=O) groups is 1. The number of furan rings is 1. The van der Waals surface area contributed by atoms with Crippen molar-refractivity contribution in [3.8, 4) is 0 Å². The summed E-state index contributed by atoms with van der Waals surface area (Å²) in [7, 11) is 0. The van der Waals surface area contributed by atoms with Gasteiger partial charge in [-0.3, -0.25) is 4.79 Å². The van der Waals surface area contributed by atoms with Gasteiger partial charge in [0.05, 0.1) is 17.8 Å². The van der Waals surface area contributed by atoms with Crippen LogP contribution >= 0.6 is 34.2 Å². The van der Waals surface area contributed by atoms with Crippen LogP contribution in [0.2, 0.25) is 5.02 Å². The van der Waals surface area contributed by atoms with Crippen LogP contribution in [0.25, 0.3) is 0 Å². The third kappa shape index (κ3) is 3.01. The molecule has 0 N–H and O–H groups in total. The highest BCUT2D eigenvalue weighted by Crippen LogP contribution is 2.30. The number of amides is 1. The normalized spacial score (nSPS) is 14.3. The molecule has 3 rings (SSSR count). The van der Waals surface area contributed by atoms with Gasteiger partial charge in [0.15, 0.2) is 0 Å². The van der Waals surface area contributed by atoms with Gasteiger partial charge in [-0.05, 0) is 65.8 Å². The molecule has 1 amide bonds. The highest BCUT2D eigenvalue weighted by molar-refractivity contribution is 14.1. The molecule has 1 aliphatic carbocycles. The molecule has 1 aromatic heterocycles. The van der Waals surface area contributed by atoms with Crippen molar-refractivity contribution in [2.75, 3.05) is 0 Å². The standard InChI is InChI=1S/C15H13ClINO2/c16-13-8-10(3-6-14(13)17)15(19)18(11-4-5-11)9-12-2-1-7-20-12/h1-3,6-8,11H,4-5,9H2. The first-order valence-corrected chi connectivity index (χ1v) is 7.89. The van der Waals surface area contributed by atoms with Gasteiger partial charge in [-0.25, -0.2) is 0 Å². The van der Waals surface area contributed by atoms with Crippen LogP contribution in [0.5, 0.6) is 0 Å². The Hall–Kier alpha value is -1.01. The van der Waals surface area contributed by atoms with E-state index < -0.39 is 0 Å². The van der Waals surface area contributed by atoms with Crippen molar-refractivity contribution in [1.82, 2.24) is 4.90 Å². The van der Waals surface area contributed by atoms with Crippen LogP contribution in [0.15, 0.2) is 41.0 Å². The van der Waals surface area contributed by atoms with E-state index in [-0.39, 0.29) is 5.91 Å². The molecule has 2 aromatic rings. The molecule has 0 aliphatic heterocycles. The maximum Gasteiger partial charge on any atom is 0.254 e. The number of rotatable bonds is 4. The molecule has 0 unspecified atom stereocenters. The first-order chi connectivity index (χ1) is 9.65. The lowest BCUT2D eigenvalue weighted by Crippen LogP contribution is -2.32. The summed E-state index contributed by atoms with van der Waals surface area (Å²) in [5.74, 6) is 0.823. The smallest absolute Gasteiger partial charge is 0.254 e. The molecule has 0 atom stereocenters. The number of carbonyl (C=O) groups excluding carboxylic acids is 1. The third-order valence-corrected chi connectivity index (χ3v) is 4.89. The number of hydrogen-bond acceptors (Lipinski definition) is 2. The van der Waals surface area contributed by atoms with Gasteiger partial charge in [-0.15, -0.1) is 0 Å². The fraction of sp³-hybridized carbons (Fsp3) is 0.267. The topological polar surface area (TPSA) is 33.5 Å². The number of hydrogen-bond donors (Lipinski definition) is 0. The minimum absolute atomic E-state index is 0.0159. The van der Waals surface area contributed by atoms with Gasteiger partial charge in [0.2, 0.25) is 0 Å². The second-order valence-electron chi connectivity index (χ2n) is 4.87. The predicted molar refractivity (Wildman–Crippen MR) is 85.8 cm³/mol. The van der Waals surface area contributed by atoms with Crippen molar-refractivity contribution in [3.05, 3.63) is 56.5 Å². The van der Waals surface area contributed by atoms with Gasteiger partial charge in [-0.2, -0.15) is 0 Å². The van der Waals surface area contributed by atoms with Gasteiger partial charge < -0.3 is 9.32 Å². The quantitative estimate of drug-likeness (QED) is 0.714. The van der Waals surface area contributed by atoms with E-state index >= 15 is 0 Å². The zero-order valence-corrected chi connectivity index (χ0v) is 13.6. The number of benzene rings is 1. The summed E-state index contributed by atoms with van der Waals surface area (Å²) in [6.45, 7) is 0.514. The fourth-order valence-corrected chi connectivity index (χ4v) is 2.63. The molecular weight excluding hydrogens is 389 g/mol. The maximum atomic E-state index is 12.6. The van der Waals surface area contributed by atoms with E-state index in [0.29, 0.717) is 23.2 Å². The zero-order valence-electron chi connectivity index (χ0n) is 10.7. The number of nitrogens with zero attached hydrogens (tertiary/aromatic N) is 1. The van der Waals surface area contributed by atoms with Crippen LogP contribution in [-0.2, 0) is 6.54 Å². The first kappa shape index (κ1) is 13.9. The molecule has 3 nitrogen and oxygen atoms in total.